The van der Waals surface area contributed by atoms with Crippen LogP contribution >= 0.6 is 11.6 Å². The van der Waals surface area contributed by atoms with Crippen molar-refractivity contribution in [1.29, 1.82) is 0 Å². The van der Waals surface area contributed by atoms with Gasteiger partial charge in [-0.3, -0.25) is 0 Å². The van der Waals surface area contributed by atoms with E-state index in [1.807, 2.05) is 12.1 Å². The fraction of sp³-hybridized carbons (Fsp3) is 0.538. The van der Waals surface area contributed by atoms with Gasteiger partial charge in [0.1, 0.15) is 0 Å². The van der Waals surface area contributed by atoms with E-state index >= 15 is 0 Å². The Hall–Kier alpha value is -0.770. The number of hydrogen-bond acceptors (Lipinski definition) is 3. The number of hydrogen-bond donors (Lipinski definition) is 0. The van der Waals surface area contributed by atoms with Crippen LogP contribution in [0.15, 0.2) is 24.3 Å². The molecule has 2 aliphatic rings. The quantitative estimate of drug-likeness (QED) is 0.768. The summed E-state index contributed by atoms with van der Waals surface area (Å²) in [6.07, 6.45) is 1.88. The zero-order chi connectivity index (χ0) is 11.7. The van der Waals surface area contributed by atoms with Crippen LogP contribution in [0.1, 0.15) is 12.8 Å². The lowest BCUT2D eigenvalue weighted by Gasteiger charge is -2.38. The SMILES string of the molecule is Clc1ccc(N2CCC3(CC2)OCCO3)cc1. The lowest BCUT2D eigenvalue weighted by atomic mass is 10.0. The third-order valence-corrected chi connectivity index (χ3v) is 3.78. The van der Waals surface area contributed by atoms with E-state index < -0.39 is 0 Å². The van der Waals surface area contributed by atoms with Crippen LogP contribution in [0.5, 0.6) is 0 Å². The molecule has 1 aromatic carbocycles. The average Bonchev–Trinajstić information content (AvgIpc) is 2.80. The van der Waals surface area contributed by atoms with Gasteiger partial charge < -0.3 is 14.4 Å². The minimum atomic E-state index is -0.289. The molecule has 0 radical (unpaired) electrons. The number of halogens is 1. The fourth-order valence-electron chi connectivity index (χ4n) is 2.54. The van der Waals surface area contributed by atoms with Gasteiger partial charge in [-0.05, 0) is 24.3 Å². The van der Waals surface area contributed by atoms with E-state index in [9.17, 15) is 0 Å². The van der Waals surface area contributed by atoms with Crippen molar-refractivity contribution < 1.29 is 9.47 Å². The molecule has 0 N–H and O–H groups in total. The highest BCUT2D eigenvalue weighted by atomic mass is 35.5. The first-order chi connectivity index (χ1) is 8.27. The van der Waals surface area contributed by atoms with Crippen molar-refractivity contribution in [2.24, 2.45) is 0 Å². The minimum Gasteiger partial charge on any atom is -0.371 e. The number of rotatable bonds is 1. The van der Waals surface area contributed by atoms with Gasteiger partial charge >= 0.3 is 0 Å². The van der Waals surface area contributed by atoms with Crippen LogP contribution in [-0.2, 0) is 9.47 Å². The normalized spacial score (nSPS) is 23.2. The van der Waals surface area contributed by atoms with Crippen LogP contribution in [0, 0.1) is 0 Å². The van der Waals surface area contributed by atoms with Gasteiger partial charge in [0.05, 0.1) is 13.2 Å². The summed E-state index contributed by atoms with van der Waals surface area (Å²) in [6.45, 7) is 3.42. The van der Waals surface area contributed by atoms with Crippen LogP contribution < -0.4 is 4.90 Å². The highest BCUT2D eigenvalue weighted by Gasteiger charge is 2.39. The van der Waals surface area contributed by atoms with Crippen molar-refractivity contribution in [3.05, 3.63) is 29.3 Å². The van der Waals surface area contributed by atoms with E-state index in [4.69, 9.17) is 21.1 Å². The first-order valence-electron chi connectivity index (χ1n) is 6.06. The van der Waals surface area contributed by atoms with Gasteiger partial charge in [0.2, 0.25) is 0 Å². The van der Waals surface area contributed by atoms with E-state index in [2.05, 4.69) is 17.0 Å². The van der Waals surface area contributed by atoms with E-state index in [-0.39, 0.29) is 5.79 Å². The molecule has 3 rings (SSSR count). The van der Waals surface area contributed by atoms with Crippen molar-refractivity contribution in [2.45, 2.75) is 18.6 Å². The Labute approximate surface area is 106 Å². The highest BCUT2D eigenvalue weighted by Crippen LogP contribution is 2.33. The zero-order valence-corrected chi connectivity index (χ0v) is 10.4. The monoisotopic (exact) mass is 253 g/mol. The standard InChI is InChI=1S/C13H16ClNO2/c14-11-1-3-12(4-2-11)15-7-5-13(6-8-15)16-9-10-17-13/h1-4H,5-10H2. The second-order valence-corrected chi connectivity index (χ2v) is 5.01. The van der Waals surface area contributed by atoms with Gasteiger partial charge in [-0.1, -0.05) is 11.6 Å². The summed E-state index contributed by atoms with van der Waals surface area (Å²) in [6, 6.07) is 8.00. The number of ether oxygens (including phenoxy) is 2. The first kappa shape index (κ1) is 11.3. The van der Waals surface area contributed by atoms with Crippen molar-refractivity contribution in [3.63, 3.8) is 0 Å². The summed E-state index contributed by atoms with van der Waals surface area (Å²) in [5.74, 6) is -0.289. The van der Waals surface area contributed by atoms with Crippen molar-refractivity contribution in [3.8, 4) is 0 Å². The second kappa shape index (κ2) is 4.48. The second-order valence-electron chi connectivity index (χ2n) is 4.57. The molecule has 0 aromatic heterocycles. The smallest absolute Gasteiger partial charge is 0.171 e. The van der Waals surface area contributed by atoms with E-state index in [1.54, 1.807) is 0 Å². The van der Waals surface area contributed by atoms with E-state index in [0.29, 0.717) is 0 Å². The average molecular weight is 254 g/mol. The topological polar surface area (TPSA) is 21.7 Å². The van der Waals surface area contributed by atoms with Gasteiger partial charge in [-0.25, -0.2) is 0 Å². The van der Waals surface area contributed by atoms with Crippen LogP contribution in [0.4, 0.5) is 5.69 Å². The van der Waals surface area contributed by atoms with Crippen LogP contribution in [0.3, 0.4) is 0 Å². The van der Waals surface area contributed by atoms with Crippen LogP contribution in [0.2, 0.25) is 5.02 Å². The molecular weight excluding hydrogens is 238 g/mol. The van der Waals surface area contributed by atoms with Gasteiger partial charge in [-0.15, -0.1) is 0 Å². The molecule has 0 bridgehead atoms. The van der Waals surface area contributed by atoms with Crippen molar-refractivity contribution >= 4 is 17.3 Å². The maximum atomic E-state index is 5.89. The zero-order valence-electron chi connectivity index (χ0n) is 9.69. The Kier molecular flexibility index (Phi) is 2.99. The molecule has 1 spiro atoms. The molecule has 4 heteroatoms. The molecule has 17 heavy (non-hydrogen) atoms. The lowest BCUT2D eigenvalue weighted by molar-refractivity contribution is -0.169. The molecule has 2 fully saturated rings. The van der Waals surface area contributed by atoms with Crippen LogP contribution in [0.25, 0.3) is 0 Å². The Morgan fingerprint density at radius 3 is 2.18 bits per heavy atom. The number of nitrogens with zero attached hydrogens (tertiary/aromatic N) is 1. The molecule has 0 aliphatic carbocycles. The van der Waals surface area contributed by atoms with Crippen molar-refractivity contribution in [2.75, 3.05) is 31.2 Å². The molecule has 2 saturated heterocycles. The predicted octanol–water partition coefficient (Wildman–Crippen LogP) is 2.68. The largest absolute Gasteiger partial charge is 0.371 e. The van der Waals surface area contributed by atoms with E-state index in [0.717, 1.165) is 44.2 Å². The molecule has 0 saturated carbocycles. The lowest BCUT2D eigenvalue weighted by Crippen LogP contribution is -2.45. The first-order valence-corrected chi connectivity index (χ1v) is 6.44. The molecule has 0 amide bonds. The Balaban J connectivity index is 1.66. The Morgan fingerprint density at radius 2 is 1.59 bits per heavy atom. The summed E-state index contributed by atoms with van der Waals surface area (Å²) in [7, 11) is 0. The summed E-state index contributed by atoms with van der Waals surface area (Å²) >= 11 is 5.89. The van der Waals surface area contributed by atoms with Crippen molar-refractivity contribution in [1.82, 2.24) is 0 Å². The molecule has 3 nitrogen and oxygen atoms in total. The summed E-state index contributed by atoms with van der Waals surface area (Å²) in [4.78, 5) is 2.35. The molecule has 2 heterocycles. The summed E-state index contributed by atoms with van der Waals surface area (Å²) in [5, 5.41) is 0.782. The summed E-state index contributed by atoms with van der Waals surface area (Å²) in [5.41, 5.74) is 1.22. The maximum Gasteiger partial charge on any atom is 0.171 e. The molecule has 2 aliphatic heterocycles. The predicted molar refractivity (Wildman–Crippen MR) is 67.5 cm³/mol. The minimum absolute atomic E-state index is 0.289. The summed E-state index contributed by atoms with van der Waals surface area (Å²) < 4.78 is 11.4. The third-order valence-electron chi connectivity index (χ3n) is 3.53. The molecule has 1 aromatic rings. The fourth-order valence-corrected chi connectivity index (χ4v) is 2.67. The van der Waals surface area contributed by atoms with Gasteiger partial charge in [0.15, 0.2) is 5.79 Å². The van der Waals surface area contributed by atoms with Gasteiger partial charge in [-0.2, -0.15) is 0 Å². The van der Waals surface area contributed by atoms with Gasteiger partial charge in [0, 0.05) is 36.6 Å². The number of anilines is 1. The Bertz CT molecular complexity index is 377. The highest BCUT2D eigenvalue weighted by molar-refractivity contribution is 6.30. The van der Waals surface area contributed by atoms with Crippen LogP contribution in [-0.4, -0.2) is 32.1 Å². The molecule has 92 valence electrons. The third kappa shape index (κ3) is 2.28. The maximum absolute atomic E-state index is 5.89. The number of piperidine rings is 1. The molecule has 0 unspecified atom stereocenters. The molecule has 0 atom stereocenters. The Morgan fingerprint density at radius 1 is 1.00 bits per heavy atom. The number of benzene rings is 1. The van der Waals surface area contributed by atoms with Gasteiger partial charge in [0.25, 0.3) is 0 Å². The van der Waals surface area contributed by atoms with E-state index in [1.165, 1.54) is 5.69 Å². The molecular formula is C13H16ClNO2.